The molecule has 1 aromatic carbocycles. The van der Waals surface area contributed by atoms with E-state index in [9.17, 15) is 22.0 Å². The summed E-state index contributed by atoms with van der Waals surface area (Å²) in [6.45, 7) is 2.30. The molecule has 1 aromatic rings. The van der Waals surface area contributed by atoms with E-state index in [-0.39, 0.29) is 6.54 Å². The third-order valence-electron chi connectivity index (χ3n) is 2.44. The van der Waals surface area contributed by atoms with Gasteiger partial charge in [0.25, 0.3) is 0 Å². The maximum Gasteiger partial charge on any atom is 0.200 e. The second kappa shape index (κ2) is 5.51. The van der Waals surface area contributed by atoms with Gasteiger partial charge < -0.3 is 10.0 Å². The minimum atomic E-state index is -2.19. The quantitative estimate of drug-likeness (QED) is 0.516. The Hall–Kier alpha value is -1.37. The summed E-state index contributed by atoms with van der Waals surface area (Å²) in [5, 5.41) is 8.77. The molecule has 2 nitrogen and oxygen atoms in total. The summed E-state index contributed by atoms with van der Waals surface area (Å²) in [5.41, 5.74) is -1.02. The average molecular weight is 269 g/mol. The van der Waals surface area contributed by atoms with E-state index < -0.39 is 47.4 Å². The van der Waals surface area contributed by atoms with Crippen molar-refractivity contribution in [2.24, 2.45) is 0 Å². The third kappa shape index (κ3) is 2.40. The highest BCUT2D eigenvalue weighted by molar-refractivity contribution is 5.51. The van der Waals surface area contributed by atoms with Gasteiger partial charge in [-0.05, 0) is 13.8 Å². The fourth-order valence-electron chi connectivity index (χ4n) is 1.58. The summed E-state index contributed by atoms with van der Waals surface area (Å²) in [6.07, 6.45) is 0. The highest BCUT2D eigenvalue weighted by Crippen LogP contribution is 2.31. The number of nitrogens with zero attached hydrogens (tertiary/aromatic N) is 1. The van der Waals surface area contributed by atoms with Crippen molar-refractivity contribution in [2.45, 2.75) is 19.9 Å². The Morgan fingerprint density at radius 3 is 1.61 bits per heavy atom. The summed E-state index contributed by atoms with van der Waals surface area (Å²) >= 11 is 0. The molecule has 0 amide bonds. The van der Waals surface area contributed by atoms with Crippen LogP contribution in [0.3, 0.4) is 0 Å². The van der Waals surface area contributed by atoms with Crippen LogP contribution in [-0.2, 0) is 0 Å². The summed E-state index contributed by atoms with van der Waals surface area (Å²) < 4.78 is 65.9. The van der Waals surface area contributed by atoms with Gasteiger partial charge in [-0.15, -0.1) is 0 Å². The molecule has 102 valence electrons. The first kappa shape index (κ1) is 14.7. The fourth-order valence-corrected chi connectivity index (χ4v) is 1.58. The largest absolute Gasteiger partial charge is 0.395 e. The number of anilines is 1. The Kier molecular flexibility index (Phi) is 4.50. The molecule has 0 fully saturated rings. The van der Waals surface area contributed by atoms with Crippen LogP contribution >= 0.6 is 0 Å². The zero-order valence-corrected chi connectivity index (χ0v) is 9.78. The summed E-state index contributed by atoms with van der Waals surface area (Å²) in [6, 6.07) is -0.537. The molecule has 0 saturated heterocycles. The molecule has 18 heavy (non-hydrogen) atoms. The van der Waals surface area contributed by atoms with Crippen molar-refractivity contribution in [2.75, 3.05) is 18.1 Å². The van der Waals surface area contributed by atoms with E-state index in [1.54, 1.807) is 0 Å². The molecule has 0 bridgehead atoms. The van der Waals surface area contributed by atoms with Crippen LogP contribution in [0.4, 0.5) is 27.6 Å². The lowest BCUT2D eigenvalue weighted by Crippen LogP contribution is -2.35. The Labute approximate surface area is 101 Å². The molecule has 1 rings (SSSR count). The monoisotopic (exact) mass is 269 g/mol. The van der Waals surface area contributed by atoms with Gasteiger partial charge in [0.05, 0.1) is 6.61 Å². The Morgan fingerprint density at radius 1 is 0.889 bits per heavy atom. The molecule has 0 radical (unpaired) electrons. The first-order valence-electron chi connectivity index (χ1n) is 5.21. The normalized spacial score (nSPS) is 11.2. The molecule has 7 heteroatoms. The van der Waals surface area contributed by atoms with Crippen molar-refractivity contribution in [1.29, 1.82) is 0 Å². The van der Waals surface area contributed by atoms with Gasteiger partial charge in [-0.1, -0.05) is 0 Å². The van der Waals surface area contributed by atoms with Gasteiger partial charge in [0.15, 0.2) is 23.3 Å². The van der Waals surface area contributed by atoms with Crippen molar-refractivity contribution in [3.8, 4) is 0 Å². The smallest absolute Gasteiger partial charge is 0.200 e. The lowest BCUT2D eigenvalue weighted by Gasteiger charge is -2.29. The van der Waals surface area contributed by atoms with Crippen LogP contribution in [0.5, 0.6) is 0 Å². The molecule has 0 aliphatic rings. The van der Waals surface area contributed by atoms with Crippen molar-refractivity contribution in [1.82, 2.24) is 0 Å². The summed E-state index contributed by atoms with van der Waals surface area (Å²) in [7, 11) is 0. The molecule has 0 atom stereocenters. The number of aliphatic hydroxyl groups excluding tert-OH is 1. The first-order chi connectivity index (χ1) is 8.32. The van der Waals surface area contributed by atoms with Gasteiger partial charge >= 0.3 is 0 Å². The van der Waals surface area contributed by atoms with Crippen LogP contribution in [0.2, 0.25) is 0 Å². The van der Waals surface area contributed by atoms with E-state index in [2.05, 4.69) is 0 Å². The van der Waals surface area contributed by atoms with Gasteiger partial charge in [0, 0.05) is 12.6 Å². The number of benzene rings is 1. The number of rotatable bonds is 4. The van der Waals surface area contributed by atoms with Crippen LogP contribution in [0, 0.1) is 29.1 Å². The molecule has 1 N–H and O–H groups in total. The SMILES string of the molecule is CC(C)N(CCO)c1c(F)c(F)c(F)c(F)c1F. The first-order valence-corrected chi connectivity index (χ1v) is 5.21. The highest BCUT2D eigenvalue weighted by atomic mass is 19.2. The van der Waals surface area contributed by atoms with Crippen molar-refractivity contribution in [3.05, 3.63) is 29.1 Å². The van der Waals surface area contributed by atoms with E-state index in [4.69, 9.17) is 5.11 Å². The maximum absolute atomic E-state index is 13.5. The maximum atomic E-state index is 13.5. The molecule has 0 aliphatic heterocycles. The predicted molar refractivity (Wildman–Crippen MR) is 55.8 cm³/mol. The second-order valence-corrected chi connectivity index (χ2v) is 3.93. The third-order valence-corrected chi connectivity index (χ3v) is 2.44. The van der Waals surface area contributed by atoms with Crippen LogP contribution in [0.1, 0.15) is 13.8 Å². The molecule has 0 spiro atoms. The predicted octanol–water partition coefficient (Wildman–Crippen LogP) is 2.59. The second-order valence-electron chi connectivity index (χ2n) is 3.93. The molecule has 0 unspecified atom stereocenters. The highest BCUT2D eigenvalue weighted by Gasteiger charge is 2.29. The summed E-state index contributed by atoms with van der Waals surface area (Å²) in [4.78, 5) is 0.913. The number of hydrogen-bond donors (Lipinski definition) is 1. The van der Waals surface area contributed by atoms with E-state index >= 15 is 0 Å². The van der Waals surface area contributed by atoms with E-state index in [1.807, 2.05) is 0 Å². The number of halogens is 5. The average Bonchev–Trinajstić information content (AvgIpc) is 2.33. The minimum Gasteiger partial charge on any atom is -0.395 e. The zero-order chi connectivity index (χ0) is 14.0. The van der Waals surface area contributed by atoms with E-state index in [1.165, 1.54) is 13.8 Å². The van der Waals surface area contributed by atoms with Crippen molar-refractivity contribution in [3.63, 3.8) is 0 Å². The molecule has 0 aromatic heterocycles. The minimum absolute atomic E-state index is 0.240. The van der Waals surface area contributed by atoms with Crippen LogP contribution < -0.4 is 4.90 Å². The zero-order valence-electron chi connectivity index (χ0n) is 9.78. The van der Waals surface area contributed by atoms with E-state index in [0.29, 0.717) is 0 Å². The molecular weight excluding hydrogens is 257 g/mol. The lowest BCUT2D eigenvalue weighted by molar-refractivity contribution is 0.296. The van der Waals surface area contributed by atoms with Crippen molar-refractivity contribution < 1.29 is 27.1 Å². The Bertz CT molecular complexity index is 421. The Morgan fingerprint density at radius 2 is 1.28 bits per heavy atom. The molecule has 0 heterocycles. The molecule has 0 saturated carbocycles. The van der Waals surface area contributed by atoms with Gasteiger partial charge in [-0.25, -0.2) is 22.0 Å². The fraction of sp³-hybridized carbons (Fsp3) is 0.455. The molecular formula is C11H12F5NO. The van der Waals surface area contributed by atoms with Crippen molar-refractivity contribution >= 4 is 5.69 Å². The van der Waals surface area contributed by atoms with Crippen LogP contribution in [0.15, 0.2) is 0 Å². The summed E-state index contributed by atoms with van der Waals surface area (Å²) in [5.74, 6) is -9.97. The number of hydrogen-bond acceptors (Lipinski definition) is 2. The van der Waals surface area contributed by atoms with Gasteiger partial charge in [0.2, 0.25) is 5.82 Å². The lowest BCUT2D eigenvalue weighted by atomic mass is 10.2. The topological polar surface area (TPSA) is 23.5 Å². The van der Waals surface area contributed by atoms with Gasteiger partial charge in [0.1, 0.15) is 5.69 Å². The van der Waals surface area contributed by atoms with Gasteiger partial charge in [-0.3, -0.25) is 0 Å². The number of aliphatic hydroxyl groups is 1. The van der Waals surface area contributed by atoms with E-state index in [0.717, 1.165) is 4.90 Å². The van der Waals surface area contributed by atoms with Gasteiger partial charge in [-0.2, -0.15) is 0 Å². The van der Waals surface area contributed by atoms with Crippen LogP contribution in [0.25, 0.3) is 0 Å². The van der Waals surface area contributed by atoms with Crippen LogP contribution in [-0.4, -0.2) is 24.3 Å². The molecule has 0 aliphatic carbocycles. The standard InChI is InChI=1S/C11H12F5NO/c1-5(2)17(3-4-18)11-9(15)7(13)6(12)8(14)10(11)16/h5,18H,3-4H2,1-2H3. The Balaban J connectivity index is 3.47.